The third-order valence-electron chi connectivity index (χ3n) is 4.53. The molecule has 1 amide bonds. The van der Waals surface area contributed by atoms with Crippen molar-refractivity contribution in [1.29, 1.82) is 0 Å². The van der Waals surface area contributed by atoms with Gasteiger partial charge in [0.1, 0.15) is 0 Å². The summed E-state index contributed by atoms with van der Waals surface area (Å²) in [6.07, 6.45) is 1.67. The van der Waals surface area contributed by atoms with E-state index >= 15 is 0 Å². The van der Waals surface area contributed by atoms with E-state index in [0.717, 1.165) is 10.9 Å². The molecular formula is C21H23N3O3S. The Bertz CT molecular complexity index is 1120. The maximum absolute atomic E-state index is 12.6. The van der Waals surface area contributed by atoms with Crippen molar-refractivity contribution in [1.82, 2.24) is 9.71 Å². The van der Waals surface area contributed by atoms with Crippen LogP contribution in [0.2, 0.25) is 0 Å². The molecule has 3 rings (SSSR count). The lowest BCUT2D eigenvalue weighted by Gasteiger charge is -2.22. The quantitative estimate of drug-likeness (QED) is 0.693. The SMILES string of the molecule is CC(=O)N(CCNS(=O)(=O)c1ccc(C)cc1C)c1cccc2cccnc12. The number of amides is 1. The number of hydrogen-bond acceptors (Lipinski definition) is 4. The molecule has 1 heterocycles. The van der Waals surface area contributed by atoms with Gasteiger partial charge in [-0.15, -0.1) is 0 Å². The summed E-state index contributed by atoms with van der Waals surface area (Å²) in [6, 6.07) is 14.6. The van der Waals surface area contributed by atoms with Crippen molar-refractivity contribution >= 4 is 32.5 Å². The van der Waals surface area contributed by atoms with Crippen LogP contribution in [0.4, 0.5) is 5.69 Å². The number of carbonyl (C=O) groups excluding carboxylic acids is 1. The van der Waals surface area contributed by atoms with Crippen LogP contribution in [0.5, 0.6) is 0 Å². The molecule has 0 radical (unpaired) electrons. The van der Waals surface area contributed by atoms with Crippen LogP contribution < -0.4 is 9.62 Å². The standard InChI is InChI=1S/C21H23N3O3S/c1-15-9-10-20(16(2)14-15)28(26,27)23-12-13-24(17(3)25)19-8-4-6-18-7-5-11-22-21(18)19/h4-11,14,23H,12-13H2,1-3H3. The molecule has 1 aromatic heterocycles. The highest BCUT2D eigenvalue weighted by Crippen LogP contribution is 2.25. The van der Waals surface area contributed by atoms with Gasteiger partial charge in [0.15, 0.2) is 0 Å². The van der Waals surface area contributed by atoms with Crippen molar-refractivity contribution in [3.8, 4) is 0 Å². The fourth-order valence-electron chi connectivity index (χ4n) is 3.22. The molecule has 0 unspecified atom stereocenters. The minimum absolute atomic E-state index is 0.0957. The van der Waals surface area contributed by atoms with E-state index in [0.29, 0.717) is 16.8 Å². The van der Waals surface area contributed by atoms with Crippen LogP contribution in [-0.4, -0.2) is 32.4 Å². The van der Waals surface area contributed by atoms with E-state index in [1.54, 1.807) is 30.2 Å². The van der Waals surface area contributed by atoms with Crippen molar-refractivity contribution in [2.75, 3.05) is 18.0 Å². The van der Waals surface area contributed by atoms with Crippen molar-refractivity contribution in [3.05, 3.63) is 65.9 Å². The predicted octanol–water partition coefficient (Wildman–Crippen LogP) is 3.18. The molecule has 0 aliphatic rings. The molecule has 2 aromatic carbocycles. The van der Waals surface area contributed by atoms with Crippen LogP contribution in [-0.2, 0) is 14.8 Å². The second-order valence-electron chi connectivity index (χ2n) is 6.69. The molecule has 0 saturated carbocycles. The number of nitrogens with zero attached hydrogens (tertiary/aromatic N) is 2. The maximum atomic E-state index is 12.6. The maximum Gasteiger partial charge on any atom is 0.240 e. The lowest BCUT2D eigenvalue weighted by atomic mass is 10.1. The van der Waals surface area contributed by atoms with Gasteiger partial charge in [0.25, 0.3) is 0 Å². The Morgan fingerprint density at radius 2 is 1.86 bits per heavy atom. The van der Waals surface area contributed by atoms with Gasteiger partial charge in [0.2, 0.25) is 15.9 Å². The molecule has 1 N–H and O–H groups in total. The number of aryl methyl sites for hydroxylation is 2. The molecule has 6 nitrogen and oxygen atoms in total. The van der Waals surface area contributed by atoms with Gasteiger partial charge >= 0.3 is 0 Å². The molecule has 0 fully saturated rings. The fraction of sp³-hybridized carbons (Fsp3) is 0.238. The highest BCUT2D eigenvalue weighted by Gasteiger charge is 2.19. The lowest BCUT2D eigenvalue weighted by Crippen LogP contribution is -2.37. The van der Waals surface area contributed by atoms with E-state index in [9.17, 15) is 13.2 Å². The van der Waals surface area contributed by atoms with Gasteiger partial charge in [-0.25, -0.2) is 13.1 Å². The monoisotopic (exact) mass is 397 g/mol. The largest absolute Gasteiger partial charge is 0.309 e. The Hall–Kier alpha value is -2.77. The summed E-state index contributed by atoms with van der Waals surface area (Å²) in [5, 5.41) is 0.919. The Balaban J connectivity index is 1.80. The average Bonchev–Trinajstić information content (AvgIpc) is 2.64. The summed E-state index contributed by atoms with van der Waals surface area (Å²) in [4.78, 5) is 18.4. The average molecular weight is 398 g/mol. The van der Waals surface area contributed by atoms with Gasteiger partial charge in [0.05, 0.1) is 16.1 Å². The van der Waals surface area contributed by atoms with E-state index in [4.69, 9.17) is 0 Å². The number of anilines is 1. The first-order chi connectivity index (χ1) is 13.3. The van der Waals surface area contributed by atoms with E-state index in [-0.39, 0.29) is 23.9 Å². The number of pyridine rings is 1. The Labute approximate surface area is 165 Å². The van der Waals surface area contributed by atoms with E-state index in [2.05, 4.69) is 9.71 Å². The number of para-hydroxylation sites is 1. The number of carbonyl (C=O) groups is 1. The first kappa shape index (κ1) is 20.0. The zero-order chi connectivity index (χ0) is 20.3. The number of benzene rings is 2. The van der Waals surface area contributed by atoms with Crippen LogP contribution in [0.15, 0.2) is 59.6 Å². The molecule has 0 aliphatic carbocycles. The number of sulfonamides is 1. The number of hydrogen-bond donors (Lipinski definition) is 1. The lowest BCUT2D eigenvalue weighted by molar-refractivity contribution is -0.116. The van der Waals surface area contributed by atoms with E-state index in [1.165, 1.54) is 6.92 Å². The minimum atomic E-state index is -3.66. The number of aromatic nitrogens is 1. The van der Waals surface area contributed by atoms with E-state index < -0.39 is 10.0 Å². The third kappa shape index (κ3) is 4.21. The van der Waals surface area contributed by atoms with Gasteiger partial charge in [-0.05, 0) is 37.6 Å². The molecule has 0 spiro atoms. The van der Waals surface area contributed by atoms with Crippen LogP contribution in [0, 0.1) is 13.8 Å². The molecule has 0 bridgehead atoms. The van der Waals surface area contributed by atoms with Crippen LogP contribution in [0.3, 0.4) is 0 Å². The van der Waals surface area contributed by atoms with Crippen LogP contribution in [0.1, 0.15) is 18.1 Å². The zero-order valence-electron chi connectivity index (χ0n) is 16.1. The van der Waals surface area contributed by atoms with Gasteiger partial charge in [-0.2, -0.15) is 0 Å². The second-order valence-corrected chi connectivity index (χ2v) is 8.43. The molecule has 28 heavy (non-hydrogen) atoms. The number of nitrogens with one attached hydrogen (secondary N) is 1. The summed E-state index contributed by atoms with van der Waals surface area (Å²) >= 11 is 0. The molecule has 3 aromatic rings. The van der Waals surface area contributed by atoms with Gasteiger partial charge in [0, 0.05) is 31.6 Å². The Kier molecular flexibility index (Phi) is 5.76. The van der Waals surface area contributed by atoms with Crippen molar-refractivity contribution in [3.63, 3.8) is 0 Å². The summed E-state index contributed by atoms with van der Waals surface area (Å²) in [6.45, 7) is 5.44. The fourth-order valence-corrected chi connectivity index (χ4v) is 4.47. The Morgan fingerprint density at radius 1 is 1.11 bits per heavy atom. The summed E-state index contributed by atoms with van der Waals surface area (Å²) in [7, 11) is -3.66. The minimum Gasteiger partial charge on any atom is -0.309 e. The molecular weight excluding hydrogens is 374 g/mol. The molecule has 0 aliphatic heterocycles. The van der Waals surface area contributed by atoms with Gasteiger partial charge in [-0.3, -0.25) is 9.78 Å². The first-order valence-corrected chi connectivity index (χ1v) is 10.5. The molecule has 7 heteroatoms. The van der Waals surface area contributed by atoms with Gasteiger partial charge < -0.3 is 4.90 Å². The normalized spacial score (nSPS) is 11.5. The molecule has 0 atom stereocenters. The zero-order valence-corrected chi connectivity index (χ0v) is 17.0. The Morgan fingerprint density at radius 3 is 2.57 bits per heavy atom. The predicted molar refractivity (Wildman–Crippen MR) is 111 cm³/mol. The second kappa shape index (κ2) is 8.08. The van der Waals surface area contributed by atoms with Crippen molar-refractivity contribution in [2.24, 2.45) is 0 Å². The van der Waals surface area contributed by atoms with Crippen molar-refractivity contribution < 1.29 is 13.2 Å². The van der Waals surface area contributed by atoms with Crippen molar-refractivity contribution in [2.45, 2.75) is 25.7 Å². The highest BCUT2D eigenvalue weighted by atomic mass is 32.2. The topological polar surface area (TPSA) is 79.4 Å². The smallest absolute Gasteiger partial charge is 0.240 e. The van der Waals surface area contributed by atoms with E-state index in [1.807, 2.05) is 43.3 Å². The number of fused-ring (bicyclic) bond motifs is 1. The van der Waals surface area contributed by atoms with Crippen LogP contribution in [0.25, 0.3) is 10.9 Å². The summed E-state index contributed by atoms with van der Waals surface area (Å²) in [5.41, 5.74) is 3.06. The third-order valence-corrected chi connectivity index (χ3v) is 6.15. The number of rotatable bonds is 6. The summed E-state index contributed by atoms with van der Waals surface area (Å²) < 4.78 is 27.9. The molecule has 146 valence electrons. The highest BCUT2D eigenvalue weighted by molar-refractivity contribution is 7.89. The van der Waals surface area contributed by atoms with Gasteiger partial charge in [-0.1, -0.05) is 35.9 Å². The summed E-state index contributed by atoms with van der Waals surface area (Å²) in [5.74, 6) is -0.177. The molecule has 0 saturated heterocycles. The van der Waals surface area contributed by atoms with Crippen LogP contribution >= 0.6 is 0 Å². The first-order valence-electron chi connectivity index (χ1n) is 8.98.